The maximum atomic E-state index is 12.6. The second kappa shape index (κ2) is 6.60. The first-order valence-electron chi connectivity index (χ1n) is 7.22. The van der Waals surface area contributed by atoms with Gasteiger partial charge in [-0.2, -0.15) is 4.31 Å². The number of sulfonamides is 1. The van der Waals surface area contributed by atoms with Crippen molar-refractivity contribution in [3.8, 4) is 0 Å². The third-order valence-corrected chi connectivity index (χ3v) is 5.48. The van der Waals surface area contributed by atoms with Crippen LogP contribution in [0, 0.1) is 0 Å². The molecule has 1 aliphatic rings. The van der Waals surface area contributed by atoms with Crippen molar-refractivity contribution in [3.63, 3.8) is 0 Å². The number of rotatable bonds is 5. The van der Waals surface area contributed by atoms with Gasteiger partial charge in [0.15, 0.2) is 0 Å². The Bertz CT molecular complexity index is 686. The fourth-order valence-electron chi connectivity index (χ4n) is 2.56. The first-order chi connectivity index (χ1) is 10.6. The van der Waals surface area contributed by atoms with Gasteiger partial charge in [0, 0.05) is 25.5 Å². The molecule has 1 aromatic carbocycles. The molecular formula is C15H19N3O3S. The summed E-state index contributed by atoms with van der Waals surface area (Å²) in [4.78, 5) is 3.99. The van der Waals surface area contributed by atoms with Crippen molar-refractivity contribution in [1.29, 1.82) is 0 Å². The van der Waals surface area contributed by atoms with E-state index in [1.165, 1.54) is 4.31 Å². The molecule has 0 saturated carbocycles. The third-order valence-electron chi connectivity index (χ3n) is 3.66. The van der Waals surface area contributed by atoms with E-state index in [0.29, 0.717) is 26.2 Å². The number of imidazole rings is 1. The zero-order valence-electron chi connectivity index (χ0n) is 12.2. The predicted octanol–water partition coefficient (Wildman–Crippen LogP) is 1.11. The summed E-state index contributed by atoms with van der Waals surface area (Å²) in [5.41, 5.74) is 0.806. The van der Waals surface area contributed by atoms with Crippen molar-refractivity contribution in [1.82, 2.24) is 13.9 Å². The Morgan fingerprint density at radius 2 is 2.09 bits per heavy atom. The molecule has 22 heavy (non-hydrogen) atoms. The molecule has 1 atom stereocenters. The lowest BCUT2D eigenvalue weighted by Gasteiger charge is -2.32. The number of hydrogen-bond acceptors (Lipinski definition) is 4. The van der Waals surface area contributed by atoms with Crippen LogP contribution in [0.15, 0.2) is 49.1 Å². The van der Waals surface area contributed by atoms with Crippen LogP contribution in [0.4, 0.5) is 0 Å². The number of hydrogen-bond donors (Lipinski definition) is 0. The van der Waals surface area contributed by atoms with E-state index < -0.39 is 10.0 Å². The maximum absolute atomic E-state index is 12.6. The number of morpholine rings is 1. The number of nitrogens with zero attached hydrogens (tertiary/aromatic N) is 3. The molecule has 0 N–H and O–H groups in total. The summed E-state index contributed by atoms with van der Waals surface area (Å²) < 4.78 is 34.2. The SMILES string of the molecule is O=S(=O)(Cc1ccccc1)N1CCO[C@@H](Cn2ccnc2)C1. The standard InChI is InChI=1S/C15H19N3O3S/c19-22(20,12-14-4-2-1-3-5-14)18-8-9-21-15(11-18)10-17-7-6-16-13-17/h1-7,13,15H,8-12H2/t15-/m0/s1. The fraction of sp³-hybridized carbons (Fsp3) is 0.400. The van der Waals surface area contributed by atoms with Gasteiger partial charge in [-0.25, -0.2) is 13.4 Å². The number of ether oxygens (including phenoxy) is 1. The highest BCUT2D eigenvalue weighted by atomic mass is 32.2. The molecule has 2 aromatic rings. The van der Waals surface area contributed by atoms with Crippen LogP contribution in [0.2, 0.25) is 0 Å². The molecule has 0 radical (unpaired) electrons. The highest BCUT2D eigenvalue weighted by Gasteiger charge is 2.29. The summed E-state index contributed by atoms with van der Waals surface area (Å²) in [6, 6.07) is 9.26. The van der Waals surface area contributed by atoms with E-state index in [1.807, 2.05) is 41.1 Å². The molecule has 1 fully saturated rings. The summed E-state index contributed by atoms with van der Waals surface area (Å²) in [7, 11) is -3.32. The Kier molecular flexibility index (Phi) is 4.56. The second-order valence-corrected chi connectivity index (χ2v) is 7.32. The van der Waals surface area contributed by atoms with Gasteiger partial charge in [0.2, 0.25) is 10.0 Å². The lowest BCUT2D eigenvalue weighted by atomic mass is 10.2. The Morgan fingerprint density at radius 3 is 2.82 bits per heavy atom. The van der Waals surface area contributed by atoms with Crippen LogP contribution in [0.25, 0.3) is 0 Å². The lowest BCUT2D eigenvalue weighted by molar-refractivity contribution is -0.0103. The Hall–Kier alpha value is -1.70. The summed E-state index contributed by atoms with van der Waals surface area (Å²) in [6.45, 7) is 1.83. The zero-order chi connectivity index (χ0) is 15.4. The van der Waals surface area contributed by atoms with E-state index in [0.717, 1.165) is 5.56 Å². The van der Waals surface area contributed by atoms with Crippen molar-refractivity contribution in [2.24, 2.45) is 0 Å². The predicted molar refractivity (Wildman–Crippen MR) is 82.6 cm³/mol. The molecule has 1 aromatic heterocycles. The molecule has 0 aliphatic carbocycles. The van der Waals surface area contributed by atoms with Gasteiger partial charge in [0.05, 0.1) is 31.3 Å². The van der Waals surface area contributed by atoms with Gasteiger partial charge in [-0.3, -0.25) is 0 Å². The minimum absolute atomic E-state index is 0.0334. The third kappa shape index (κ3) is 3.73. The van der Waals surface area contributed by atoms with E-state index >= 15 is 0 Å². The molecule has 0 unspecified atom stereocenters. The molecule has 1 aliphatic heterocycles. The lowest BCUT2D eigenvalue weighted by Crippen LogP contribution is -2.47. The van der Waals surface area contributed by atoms with Crippen molar-refractivity contribution in [3.05, 3.63) is 54.6 Å². The smallest absolute Gasteiger partial charge is 0.218 e. The minimum Gasteiger partial charge on any atom is -0.374 e. The highest BCUT2D eigenvalue weighted by Crippen LogP contribution is 2.16. The minimum atomic E-state index is -3.32. The largest absolute Gasteiger partial charge is 0.374 e. The highest BCUT2D eigenvalue weighted by molar-refractivity contribution is 7.88. The second-order valence-electron chi connectivity index (χ2n) is 5.35. The Balaban J connectivity index is 1.65. The van der Waals surface area contributed by atoms with Crippen LogP contribution in [0.5, 0.6) is 0 Å². The summed E-state index contributed by atoms with van der Waals surface area (Å²) in [5.74, 6) is 0.0334. The first kappa shape index (κ1) is 15.2. The van der Waals surface area contributed by atoms with Crippen LogP contribution < -0.4 is 0 Å². The van der Waals surface area contributed by atoms with Crippen LogP contribution >= 0.6 is 0 Å². The van der Waals surface area contributed by atoms with Gasteiger partial charge in [-0.05, 0) is 5.56 Å². The summed E-state index contributed by atoms with van der Waals surface area (Å²) in [5, 5.41) is 0. The summed E-state index contributed by atoms with van der Waals surface area (Å²) in [6.07, 6.45) is 5.11. The van der Waals surface area contributed by atoms with Crippen molar-refractivity contribution in [2.45, 2.75) is 18.4 Å². The van der Waals surface area contributed by atoms with E-state index in [9.17, 15) is 8.42 Å². The molecule has 6 nitrogen and oxygen atoms in total. The van der Waals surface area contributed by atoms with Gasteiger partial charge in [0.25, 0.3) is 0 Å². The van der Waals surface area contributed by atoms with Crippen molar-refractivity contribution in [2.75, 3.05) is 19.7 Å². The van der Waals surface area contributed by atoms with E-state index in [4.69, 9.17) is 4.74 Å². The molecule has 118 valence electrons. The average Bonchev–Trinajstić information content (AvgIpc) is 3.01. The van der Waals surface area contributed by atoms with Gasteiger partial charge in [-0.1, -0.05) is 30.3 Å². The molecule has 0 amide bonds. The maximum Gasteiger partial charge on any atom is 0.218 e. The van der Waals surface area contributed by atoms with E-state index in [-0.39, 0.29) is 11.9 Å². The van der Waals surface area contributed by atoms with Gasteiger partial charge in [-0.15, -0.1) is 0 Å². The quantitative estimate of drug-likeness (QED) is 0.828. The number of aromatic nitrogens is 2. The summed E-state index contributed by atoms with van der Waals surface area (Å²) >= 11 is 0. The Morgan fingerprint density at radius 1 is 1.27 bits per heavy atom. The molecular weight excluding hydrogens is 302 g/mol. The molecule has 0 bridgehead atoms. The van der Waals surface area contributed by atoms with E-state index in [1.54, 1.807) is 12.5 Å². The van der Waals surface area contributed by atoms with Gasteiger partial charge in [0.1, 0.15) is 0 Å². The molecule has 3 rings (SSSR count). The van der Waals surface area contributed by atoms with Crippen LogP contribution in [-0.4, -0.2) is 48.1 Å². The van der Waals surface area contributed by atoms with Crippen LogP contribution in [0.3, 0.4) is 0 Å². The Labute approximate surface area is 130 Å². The molecule has 2 heterocycles. The first-order valence-corrected chi connectivity index (χ1v) is 8.83. The normalized spacial score (nSPS) is 20.1. The zero-order valence-corrected chi connectivity index (χ0v) is 13.0. The molecule has 1 saturated heterocycles. The monoisotopic (exact) mass is 321 g/mol. The average molecular weight is 321 g/mol. The number of benzene rings is 1. The van der Waals surface area contributed by atoms with Crippen molar-refractivity contribution < 1.29 is 13.2 Å². The van der Waals surface area contributed by atoms with Crippen LogP contribution in [0.1, 0.15) is 5.56 Å². The van der Waals surface area contributed by atoms with Gasteiger partial charge >= 0.3 is 0 Å². The fourth-order valence-corrected chi connectivity index (χ4v) is 4.10. The van der Waals surface area contributed by atoms with Crippen molar-refractivity contribution >= 4 is 10.0 Å². The topological polar surface area (TPSA) is 64.4 Å². The molecule has 0 spiro atoms. The van der Waals surface area contributed by atoms with Gasteiger partial charge < -0.3 is 9.30 Å². The van der Waals surface area contributed by atoms with Crippen LogP contribution in [-0.2, 0) is 27.1 Å². The van der Waals surface area contributed by atoms with E-state index in [2.05, 4.69) is 4.98 Å². The molecule has 7 heteroatoms.